The Kier molecular flexibility index (Phi) is 3.13. The molecule has 1 unspecified atom stereocenters. The van der Waals surface area contributed by atoms with Crippen LogP contribution in [0.15, 0.2) is 42.7 Å². The van der Waals surface area contributed by atoms with E-state index in [9.17, 15) is 5.11 Å². The summed E-state index contributed by atoms with van der Waals surface area (Å²) < 4.78 is 1.89. The highest BCUT2D eigenvalue weighted by molar-refractivity contribution is 5.30. The fourth-order valence-electron chi connectivity index (χ4n) is 2.38. The summed E-state index contributed by atoms with van der Waals surface area (Å²) in [4.78, 5) is 2.26. The third-order valence-corrected chi connectivity index (χ3v) is 3.31. The van der Waals surface area contributed by atoms with E-state index < -0.39 is 0 Å². The van der Waals surface area contributed by atoms with Crippen LogP contribution >= 0.6 is 0 Å². The molecule has 18 heavy (non-hydrogen) atoms. The van der Waals surface area contributed by atoms with Gasteiger partial charge in [-0.2, -0.15) is 5.10 Å². The Bertz CT molecular complexity index is 509. The van der Waals surface area contributed by atoms with Crippen LogP contribution in [0.4, 0.5) is 0 Å². The van der Waals surface area contributed by atoms with E-state index in [2.05, 4.69) is 16.2 Å². The minimum Gasteiger partial charge on any atom is -0.392 e. The first kappa shape index (κ1) is 11.4. The standard InChI is InChI=1S/C14H17N3O/c18-14-6-7-16(11-14)9-12-8-15-17(10-12)13-4-2-1-3-5-13/h1-5,8,10,14,18H,6-7,9,11H2. The van der Waals surface area contributed by atoms with Crippen molar-refractivity contribution in [3.8, 4) is 5.69 Å². The van der Waals surface area contributed by atoms with Crippen LogP contribution in [0.2, 0.25) is 0 Å². The summed E-state index contributed by atoms with van der Waals surface area (Å²) in [6.45, 7) is 2.61. The first-order valence-corrected chi connectivity index (χ1v) is 6.30. The molecule has 1 N–H and O–H groups in total. The fraction of sp³-hybridized carbons (Fsp3) is 0.357. The van der Waals surface area contributed by atoms with Crippen molar-refractivity contribution in [1.29, 1.82) is 0 Å². The summed E-state index contributed by atoms with van der Waals surface area (Å²) in [5.74, 6) is 0. The number of aliphatic hydroxyl groups is 1. The molecule has 1 aliphatic rings. The van der Waals surface area contributed by atoms with Crippen LogP contribution in [0, 0.1) is 0 Å². The summed E-state index contributed by atoms with van der Waals surface area (Å²) in [7, 11) is 0. The molecule has 4 nitrogen and oxygen atoms in total. The van der Waals surface area contributed by atoms with E-state index in [1.54, 1.807) is 0 Å². The predicted molar refractivity (Wildman–Crippen MR) is 69.5 cm³/mol. The zero-order valence-electron chi connectivity index (χ0n) is 10.2. The van der Waals surface area contributed by atoms with Gasteiger partial charge in [-0.1, -0.05) is 18.2 Å². The minimum atomic E-state index is -0.158. The van der Waals surface area contributed by atoms with Gasteiger partial charge in [-0.3, -0.25) is 4.90 Å². The van der Waals surface area contributed by atoms with Gasteiger partial charge in [0.1, 0.15) is 0 Å². The number of nitrogens with zero attached hydrogens (tertiary/aromatic N) is 3. The summed E-state index contributed by atoms with van der Waals surface area (Å²) in [6.07, 6.45) is 4.68. The van der Waals surface area contributed by atoms with Crippen LogP contribution in [0.1, 0.15) is 12.0 Å². The van der Waals surface area contributed by atoms with E-state index in [4.69, 9.17) is 0 Å². The highest BCUT2D eigenvalue weighted by Crippen LogP contribution is 2.14. The molecule has 0 aliphatic carbocycles. The average molecular weight is 243 g/mol. The quantitative estimate of drug-likeness (QED) is 0.887. The van der Waals surface area contributed by atoms with Crippen LogP contribution in [0.25, 0.3) is 5.69 Å². The second-order valence-corrected chi connectivity index (χ2v) is 4.81. The molecule has 0 saturated carbocycles. The fourth-order valence-corrected chi connectivity index (χ4v) is 2.38. The van der Waals surface area contributed by atoms with Crippen LogP contribution in [0.3, 0.4) is 0 Å². The van der Waals surface area contributed by atoms with Crippen molar-refractivity contribution >= 4 is 0 Å². The third-order valence-electron chi connectivity index (χ3n) is 3.31. The van der Waals surface area contributed by atoms with Gasteiger partial charge >= 0.3 is 0 Å². The summed E-state index contributed by atoms with van der Waals surface area (Å²) in [5.41, 5.74) is 2.26. The lowest BCUT2D eigenvalue weighted by Gasteiger charge is -2.12. The number of aromatic nitrogens is 2. The molecule has 4 heteroatoms. The highest BCUT2D eigenvalue weighted by atomic mass is 16.3. The summed E-state index contributed by atoms with van der Waals surface area (Å²) >= 11 is 0. The number of para-hydroxylation sites is 1. The summed E-state index contributed by atoms with van der Waals surface area (Å²) in [6, 6.07) is 10.1. The number of likely N-dealkylation sites (tertiary alicyclic amines) is 1. The average Bonchev–Trinajstić information content (AvgIpc) is 3.01. The van der Waals surface area contributed by atoms with E-state index >= 15 is 0 Å². The zero-order chi connectivity index (χ0) is 12.4. The monoisotopic (exact) mass is 243 g/mol. The molecular formula is C14H17N3O. The number of β-amino-alcohol motifs (C(OH)–C–C–N with tert-alkyl or cyclic N) is 1. The van der Waals surface area contributed by atoms with Crippen molar-refractivity contribution in [2.45, 2.75) is 19.1 Å². The molecule has 94 valence electrons. The predicted octanol–water partition coefficient (Wildman–Crippen LogP) is 1.44. The van der Waals surface area contributed by atoms with Crippen LogP contribution < -0.4 is 0 Å². The maximum Gasteiger partial charge on any atom is 0.0679 e. The van der Waals surface area contributed by atoms with E-state index in [1.165, 1.54) is 5.56 Å². The van der Waals surface area contributed by atoms with E-state index in [1.807, 2.05) is 41.2 Å². The van der Waals surface area contributed by atoms with Crippen LogP contribution in [0.5, 0.6) is 0 Å². The molecule has 3 rings (SSSR count). The Morgan fingerprint density at radius 2 is 2.11 bits per heavy atom. The van der Waals surface area contributed by atoms with E-state index in [-0.39, 0.29) is 6.10 Å². The van der Waals surface area contributed by atoms with Crippen molar-refractivity contribution in [3.05, 3.63) is 48.3 Å². The topological polar surface area (TPSA) is 41.3 Å². The van der Waals surface area contributed by atoms with Crippen molar-refractivity contribution in [2.24, 2.45) is 0 Å². The Morgan fingerprint density at radius 1 is 1.28 bits per heavy atom. The number of aliphatic hydroxyl groups excluding tert-OH is 1. The molecule has 0 radical (unpaired) electrons. The number of benzene rings is 1. The molecule has 1 saturated heterocycles. The van der Waals surface area contributed by atoms with E-state index in [0.717, 1.165) is 31.7 Å². The van der Waals surface area contributed by atoms with Crippen molar-refractivity contribution in [1.82, 2.24) is 14.7 Å². The Hall–Kier alpha value is -1.65. The van der Waals surface area contributed by atoms with Gasteiger partial charge in [-0.25, -0.2) is 4.68 Å². The van der Waals surface area contributed by atoms with Crippen molar-refractivity contribution in [3.63, 3.8) is 0 Å². The van der Waals surface area contributed by atoms with Gasteiger partial charge in [0, 0.05) is 31.4 Å². The normalized spacial score (nSPS) is 20.4. The molecule has 1 atom stereocenters. The molecule has 2 heterocycles. The maximum absolute atomic E-state index is 9.50. The molecule has 1 aromatic carbocycles. The Labute approximate surface area is 106 Å². The molecule has 0 amide bonds. The second kappa shape index (κ2) is 4.92. The molecule has 1 fully saturated rings. The number of hydrogen-bond acceptors (Lipinski definition) is 3. The van der Waals surface area contributed by atoms with Gasteiger partial charge in [0.25, 0.3) is 0 Å². The van der Waals surface area contributed by atoms with E-state index in [0.29, 0.717) is 0 Å². The Morgan fingerprint density at radius 3 is 2.83 bits per heavy atom. The minimum absolute atomic E-state index is 0.158. The maximum atomic E-state index is 9.50. The molecule has 0 spiro atoms. The van der Waals surface area contributed by atoms with Gasteiger partial charge in [-0.05, 0) is 18.6 Å². The lowest BCUT2D eigenvalue weighted by Crippen LogP contribution is -2.21. The second-order valence-electron chi connectivity index (χ2n) is 4.81. The SMILES string of the molecule is OC1CCN(Cc2cnn(-c3ccccc3)c2)C1. The number of rotatable bonds is 3. The van der Waals surface area contributed by atoms with Crippen LogP contribution in [-0.4, -0.2) is 39.0 Å². The molecular weight excluding hydrogens is 226 g/mol. The lowest BCUT2D eigenvalue weighted by atomic mass is 10.3. The zero-order valence-corrected chi connectivity index (χ0v) is 10.2. The first-order valence-electron chi connectivity index (χ1n) is 6.30. The smallest absolute Gasteiger partial charge is 0.0679 e. The van der Waals surface area contributed by atoms with Crippen molar-refractivity contribution in [2.75, 3.05) is 13.1 Å². The van der Waals surface area contributed by atoms with Gasteiger partial charge in [-0.15, -0.1) is 0 Å². The van der Waals surface area contributed by atoms with Gasteiger partial charge in [0.2, 0.25) is 0 Å². The number of hydrogen-bond donors (Lipinski definition) is 1. The largest absolute Gasteiger partial charge is 0.392 e. The third kappa shape index (κ3) is 2.44. The van der Waals surface area contributed by atoms with Crippen molar-refractivity contribution < 1.29 is 5.11 Å². The van der Waals surface area contributed by atoms with Gasteiger partial charge in [0.15, 0.2) is 0 Å². The molecule has 1 aromatic heterocycles. The Balaban J connectivity index is 1.70. The molecule has 0 bridgehead atoms. The summed E-state index contributed by atoms with van der Waals surface area (Å²) in [5, 5.41) is 13.9. The first-order chi connectivity index (χ1) is 8.81. The molecule has 1 aliphatic heterocycles. The van der Waals surface area contributed by atoms with Gasteiger partial charge < -0.3 is 5.11 Å². The van der Waals surface area contributed by atoms with Crippen LogP contribution in [-0.2, 0) is 6.54 Å². The molecule has 2 aromatic rings. The lowest BCUT2D eigenvalue weighted by molar-refractivity contribution is 0.175. The highest BCUT2D eigenvalue weighted by Gasteiger charge is 2.20. The van der Waals surface area contributed by atoms with Gasteiger partial charge in [0.05, 0.1) is 18.0 Å².